The number of amides is 1. The highest BCUT2D eigenvalue weighted by molar-refractivity contribution is 6.30. The van der Waals surface area contributed by atoms with Crippen molar-refractivity contribution in [3.05, 3.63) is 58.9 Å². The summed E-state index contributed by atoms with van der Waals surface area (Å²) in [5.41, 5.74) is 0.961. The molecule has 0 aliphatic heterocycles. The first-order valence-electron chi connectivity index (χ1n) is 6.77. The fraction of sp³-hybridized carbons (Fsp3) is 0.188. The van der Waals surface area contributed by atoms with Crippen LogP contribution in [-0.4, -0.2) is 30.6 Å². The Labute approximate surface area is 138 Å². The van der Waals surface area contributed by atoms with E-state index in [0.29, 0.717) is 11.6 Å². The summed E-state index contributed by atoms with van der Waals surface area (Å²) in [6, 6.07) is 10.2. The predicted octanol–water partition coefficient (Wildman–Crippen LogP) is 2.22. The van der Waals surface area contributed by atoms with Gasteiger partial charge >= 0.3 is 5.97 Å². The molecule has 23 heavy (non-hydrogen) atoms. The average Bonchev–Trinajstić information content (AvgIpc) is 2.58. The predicted molar refractivity (Wildman–Crippen MR) is 84.4 cm³/mol. The van der Waals surface area contributed by atoms with Crippen LogP contribution < -0.4 is 10.1 Å². The third-order valence-electron chi connectivity index (χ3n) is 2.91. The lowest BCUT2D eigenvalue weighted by Crippen LogP contribution is -2.28. The Bertz CT molecular complexity index is 689. The lowest BCUT2D eigenvalue weighted by Gasteiger charge is -2.07. The monoisotopic (exact) mass is 334 g/mol. The van der Waals surface area contributed by atoms with Crippen molar-refractivity contribution in [2.24, 2.45) is 0 Å². The van der Waals surface area contributed by atoms with Gasteiger partial charge in [0.25, 0.3) is 5.91 Å². The van der Waals surface area contributed by atoms with Crippen LogP contribution in [-0.2, 0) is 16.1 Å². The summed E-state index contributed by atoms with van der Waals surface area (Å²) in [7, 11) is 1.58. The topological polar surface area (TPSA) is 77.5 Å². The fourth-order valence-electron chi connectivity index (χ4n) is 1.72. The van der Waals surface area contributed by atoms with Crippen LogP contribution >= 0.6 is 11.6 Å². The Morgan fingerprint density at radius 1 is 1.22 bits per heavy atom. The molecular formula is C16H15ClN2O4. The van der Waals surface area contributed by atoms with Crippen molar-refractivity contribution in [1.82, 2.24) is 10.3 Å². The number of ether oxygens (including phenoxy) is 2. The first-order chi connectivity index (χ1) is 11.1. The minimum absolute atomic E-state index is 0.0560. The van der Waals surface area contributed by atoms with E-state index < -0.39 is 11.9 Å². The molecule has 0 radical (unpaired) electrons. The number of benzene rings is 1. The number of methoxy groups -OCH3 is 1. The van der Waals surface area contributed by atoms with E-state index in [2.05, 4.69) is 10.3 Å². The largest absolute Gasteiger partial charge is 0.497 e. The van der Waals surface area contributed by atoms with E-state index >= 15 is 0 Å². The first kappa shape index (κ1) is 16.8. The van der Waals surface area contributed by atoms with E-state index in [1.807, 2.05) is 12.1 Å². The highest BCUT2D eigenvalue weighted by Gasteiger charge is 2.11. The van der Waals surface area contributed by atoms with Gasteiger partial charge in [0.2, 0.25) is 0 Å². The van der Waals surface area contributed by atoms with Gasteiger partial charge in [-0.05, 0) is 29.8 Å². The molecule has 1 N–H and O–H groups in total. The van der Waals surface area contributed by atoms with Gasteiger partial charge in [0.15, 0.2) is 6.61 Å². The number of nitrogens with one attached hydrogen (secondary N) is 1. The Kier molecular flexibility index (Phi) is 5.94. The molecule has 120 valence electrons. The van der Waals surface area contributed by atoms with Crippen LogP contribution in [0.15, 0.2) is 42.6 Å². The molecule has 0 spiro atoms. The van der Waals surface area contributed by atoms with Crippen molar-refractivity contribution < 1.29 is 19.1 Å². The Morgan fingerprint density at radius 2 is 1.96 bits per heavy atom. The maximum atomic E-state index is 11.7. The second kappa shape index (κ2) is 8.14. The lowest BCUT2D eigenvalue weighted by atomic mass is 10.2. The van der Waals surface area contributed by atoms with E-state index in [1.165, 1.54) is 12.3 Å². The molecule has 0 atom stereocenters. The van der Waals surface area contributed by atoms with Gasteiger partial charge in [-0.1, -0.05) is 23.7 Å². The molecule has 0 fully saturated rings. The molecule has 1 aromatic heterocycles. The molecule has 1 aromatic carbocycles. The van der Waals surface area contributed by atoms with Crippen molar-refractivity contribution in [3.8, 4) is 5.75 Å². The minimum Gasteiger partial charge on any atom is -0.497 e. The lowest BCUT2D eigenvalue weighted by molar-refractivity contribution is -0.124. The number of esters is 1. The van der Waals surface area contributed by atoms with E-state index in [4.69, 9.17) is 21.1 Å². The van der Waals surface area contributed by atoms with E-state index in [0.717, 1.165) is 11.3 Å². The van der Waals surface area contributed by atoms with Gasteiger partial charge in [-0.15, -0.1) is 0 Å². The summed E-state index contributed by atoms with van der Waals surface area (Å²) >= 11 is 5.75. The number of carbonyl (C=O) groups excluding carboxylic acids is 2. The number of aromatic nitrogens is 1. The second-order valence-electron chi connectivity index (χ2n) is 4.56. The first-order valence-corrected chi connectivity index (χ1v) is 7.14. The minimum atomic E-state index is -0.702. The van der Waals surface area contributed by atoms with Crippen LogP contribution in [0.2, 0.25) is 5.02 Å². The molecule has 1 amide bonds. The molecule has 0 aliphatic carbocycles. The number of hydrogen-bond donors (Lipinski definition) is 1. The molecule has 0 unspecified atom stereocenters. The molecule has 0 bridgehead atoms. The standard InChI is InChI=1S/C16H15ClN2O4/c1-22-13-4-2-11(3-5-13)9-19-15(20)10-23-16(21)14-8-12(17)6-7-18-14/h2-8H,9-10H2,1H3,(H,19,20). The van der Waals surface area contributed by atoms with Crippen LogP contribution in [0.1, 0.15) is 16.1 Å². The third-order valence-corrected chi connectivity index (χ3v) is 3.15. The zero-order valence-corrected chi connectivity index (χ0v) is 13.2. The summed E-state index contributed by atoms with van der Waals surface area (Å²) in [6.45, 7) is -0.0566. The van der Waals surface area contributed by atoms with Crippen LogP contribution in [0.25, 0.3) is 0 Å². The average molecular weight is 335 g/mol. The summed E-state index contributed by atoms with van der Waals surface area (Å²) < 4.78 is 9.93. The number of pyridine rings is 1. The number of nitrogens with zero attached hydrogens (tertiary/aromatic N) is 1. The van der Waals surface area contributed by atoms with E-state index in [-0.39, 0.29) is 12.3 Å². The molecular weight excluding hydrogens is 320 g/mol. The van der Waals surface area contributed by atoms with Crippen molar-refractivity contribution in [3.63, 3.8) is 0 Å². The highest BCUT2D eigenvalue weighted by atomic mass is 35.5. The molecule has 1 heterocycles. The van der Waals surface area contributed by atoms with Crippen molar-refractivity contribution >= 4 is 23.5 Å². The zero-order valence-electron chi connectivity index (χ0n) is 12.4. The Balaban J connectivity index is 1.77. The van der Waals surface area contributed by atoms with Gasteiger partial charge < -0.3 is 14.8 Å². The molecule has 6 nitrogen and oxygen atoms in total. The molecule has 2 aromatic rings. The quantitative estimate of drug-likeness (QED) is 0.820. The zero-order chi connectivity index (χ0) is 16.7. The second-order valence-corrected chi connectivity index (χ2v) is 5.00. The maximum absolute atomic E-state index is 11.7. The van der Waals surface area contributed by atoms with Gasteiger partial charge in [-0.2, -0.15) is 0 Å². The van der Waals surface area contributed by atoms with E-state index in [1.54, 1.807) is 25.3 Å². The van der Waals surface area contributed by atoms with E-state index in [9.17, 15) is 9.59 Å². The number of hydrogen-bond acceptors (Lipinski definition) is 5. The molecule has 7 heteroatoms. The highest BCUT2D eigenvalue weighted by Crippen LogP contribution is 2.11. The SMILES string of the molecule is COc1ccc(CNC(=O)COC(=O)c2cc(Cl)ccn2)cc1. The van der Waals surface area contributed by atoms with Crippen LogP contribution in [0.4, 0.5) is 0 Å². The summed E-state index contributed by atoms with van der Waals surface area (Å²) in [4.78, 5) is 27.2. The number of halogens is 1. The Hall–Kier alpha value is -2.60. The maximum Gasteiger partial charge on any atom is 0.357 e. The van der Waals surface area contributed by atoms with Crippen molar-refractivity contribution in [2.45, 2.75) is 6.54 Å². The van der Waals surface area contributed by atoms with Crippen LogP contribution in [0.3, 0.4) is 0 Å². The smallest absolute Gasteiger partial charge is 0.357 e. The van der Waals surface area contributed by atoms with Crippen molar-refractivity contribution in [2.75, 3.05) is 13.7 Å². The van der Waals surface area contributed by atoms with Crippen LogP contribution in [0, 0.1) is 0 Å². The number of rotatable bonds is 6. The third kappa shape index (κ3) is 5.27. The van der Waals surface area contributed by atoms with Gasteiger partial charge in [0.05, 0.1) is 7.11 Å². The normalized spacial score (nSPS) is 10.0. The van der Waals surface area contributed by atoms with Gasteiger partial charge in [-0.25, -0.2) is 9.78 Å². The molecule has 2 rings (SSSR count). The fourth-order valence-corrected chi connectivity index (χ4v) is 1.88. The van der Waals surface area contributed by atoms with Crippen molar-refractivity contribution in [1.29, 1.82) is 0 Å². The Morgan fingerprint density at radius 3 is 2.61 bits per heavy atom. The molecule has 0 saturated heterocycles. The van der Waals surface area contributed by atoms with Crippen LogP contribution in [0.5, 0.6) is 5.75 Å². The summed E-state index contributed by atoms with van der Waals surface area (Å²) in [6.07, 6.45) is 1.39. The number of carbonyl (C=O) groups is 2. The van der Waals surface area contributed by atoms with Gasteiger partial charge in [0.1, 0.15) is 11.4 Å². The molecule has 0 aliphatic rings. The summed E-state index contributed by atoms with van der Waals surface area (Å²) in [5, 5.41) is 3.02. The van der Waals surface area contributed by atoms with Gasteiger partial charge in [-0.3, -0.25) is 4.79 Å². The van der Waals surface area contributed by atoms with Gasteiger partial charge in [0, 0.05) is 17.8 Å². The molecule has 0 saturated carbocycles. The summed E-state index contributed by atoms with van der Waals surface area (Å²) in [5.74, 6) is -0.369.